The molecule has 4 amide bonds. The molecule has 1 aliphatic heterocycles. The highest BCUT2D eigenvalue weighted by molar-refractivity contribution is 8.00. The predicted molar refractivity (Wildman–Crippen MR) is 216 cm³/mol. The number of aromatic hydroxyl groups is 1. The van der Waals surface area contributed by atoms with Gasteiger partial charge in [-0.25, -0.2) is 9.59 Å². The molecular formula is C41H44N4O9S2. The number of hydrogen-bond acceptors (Lipinski definition) is 11. The van der Waals surface area contributed by atoms with Crippen LogP contribution in [0.2, 0.25) is 0 Å². The summed E-state index contributed by atoms with van der Waals surface area (Å²) in [4.78, 5) is 69.4. The van der Waals surface area contributed by atoms with Crippen LogP contribution in [0.25, 0.3) is 6.08 Å². The van der Waals surface area contributed by atoms with E-state index in [1.165, 1.54) is 55.5 Å². The fourth-order valence-corrected chi connectivity index (χ4v) is 8.00. The SMILES string of the molecule is CCC(Sc1cccc(NC(=O)/C(=C\c2ccc(O)cc2OC)NC(=O)c2ccccc2)c1)C(=O)Nc1sc2c(c1C(=O)OC)CCN(C(=O)OC(C)(C)C)C2. The summed E-state index contributed by atoms with van der Waals surface area (Å²) in [5.41, 5.74) is 1.45. The molecule has 0 radical (unpaired) electrons. The number of benzene rings is 3. The number of ether oxygens (including phenoxy) is 3. The molecule has 1 atom stereocenters. The lowest BCUT2D eigenvalue weighted by molar-refractivity contribution is -0.116. The largest absolute Gasteiger partial charge is 0.508 e. The van der Waals surface area contributed by atoms with Crippen LogP contribution in [0.5, 0.6) is 11.5 Å². The molecule has 0 saturated heterocycles. The Hall–Kier alpha value is -5.80. The van der Waals surface area contributed by atoms with Crippen molar-refractivity contribution < 1.29 is 43.3 Å². The van der Waals surface area contributed by atoms with Crippen molar-refractivity contribution in [3.8, 4) is 11.5 Å². The highest BCUT2D eigenvalue weighted by atomic mass is 32.2. The molecule has 15 heteroatoms. The van der Waals surface area contributed by atoms with Crippen LogP contribution >= 0.6 is 23.1 Å². The summed E-state index contributed by atoms with van der Waals surface area (Å²) < 4.78 is 16.0. The fraction of sp³-hybridized carbons (Fsp3) is 0.293. The highest BCUT2D eigenvalue weighted by Crippen LogP contribution is 2.39. The van der Waals surface area contributed by atoms with E-state index in [1.54, 1.807) is 86.3 Å². The smallest absolute Gasteiger partial charge is 0.410 e. The standard InChI is InChI=1S/C41H44N4O9S2/c1-7-32(37(49)44-38-34(39(50)53-6)29-18-19-45(23-33(29)56-38)40(51)54-41(2,3)4)55-28-15-11-14-26(21-28)42-36(48)30(43-35(47)24-12-9-8-10-13-24)20-25-16-17-27(46)22-31(25)52-5/h8-17,20-22,32,46H,7,18-19,23H2,1-6H3,(H,42,48)(H,43,47)(H,44,49)/b30-20+. The summed E-state index contributed by atoms with van der Waals surface area (Å²) in [5, 5.41) is 18.2. The van der Waals surface area contributed by atoms with E-state index >= 15 is 0 Å². The van der Waals surface area contributed by atoms with E-state index in [2.05, 4.69) is 16.0 Å². The van der Waals surface area contributed by atoms with Gasteiger partial charge < -0.3 is 40.2 Å². The summed E-state index contributed by atoms with van der Waals surface area (Å²) >= 11 is 2.51. The molecule has 0 spiro atoms. The molecule has 1 aromatic heterocycles. The molecule has 5 rings (SSSR count). The Morgan fingerprint density at radius 2 is 1.73 bits per heavy atom. The number of carbonyl (C=O) groups is 5. The minimum atomic E-state index is -0.662. The summed E-state index contributed by atoms with van der Waals surface area (Å²) in [6.45, 7) is 7.83. The minimum Gasteiger partial charge on any atom is -0.508 e. The first kappa shape index (κ1) is 41.4. The van der Waals surface area contributed by atoms with Crippen LogP contribution in [0.4, 0.5) is 15.5 Å². The minimum absolute atomic E-state index is 0.0308. The molecule has 4 N–H and O–H groups in total. The number of anilines is 2. The first-order valence-electron chi connectivity index (χ1n) is 17.7. The third-order valence-electron chi connectivity index (χ3n) is 8.41. The number of amides is 4. The first-order chi connectivity index (χ1) is 26.7. The van der Waals surface area contributed by atoms with Gasteiger partial charge in [0.2, 0.25) is 5.91 Å². The number of methoxy groups -OCH3 is 2. The van der Waals surface area contributed by atoms with Gasteiger partial charge in [-0.2, -0.15) is 0 Å². The van der Waals surface area contributed by atoms with Gasteiger partial charge in [0.05, 0.1) is 31.6 Å². The summed E-state index contributed by atoms with van der Waals surface area (Å²) in [7, 11) is 2.71. The van der Waals surface area contributed by atoms with E-state index in [-0.39, 0.29) is 35.2 Å². The van der Waals surface area contributed by atoms with Crippen molar-refractivity contribution in [2.75, 3.05) is 31.4 Å². The van der Waals surface area contributed by atoms with Crippen LogP contribution in [0, 0.1) is 0 Å². The van der Waals surface area contributed by atoms with Crippen molar-refractivity contribution in [2.45, 2.75) is 62.8 Å². The van der Waals surface area contributed by atoms with Crippen molar-refractivity contribution >= 4 is 69.6 Å². The van der Waals surface area contributed by atoms with Crippen LogP contribution in [-0.4, -0.2) is 71.4 Å². The third-order valence-corrected chi connectivity index (χ3v) is 10.9. The second kappa shape index (κ2) is 18.2. The van der Waals surface area contributed by atoms with Crippen LogP contribution in [0.15, 0.2) is 83.4 Å². The van der Waals surface area contributed by atoms with Crippen LogP contribution < -0.4 is 20.7 Å². The lowest BCUT2D eigenvalue weighted by atomic mass is 10.0. The number of phenolic OH excluding ortho intramolecular Hbond substituents is 1. The zero-order valence-electron chi connectivity index (χ0n) is 31.9. The molecule has 13 nitrogen and oxygen atoms in total. The van der Waals surface area contributed by atoms with E-state index in [0.29, 0.717) is 46.1 Å². The average molecular weight is 801 g/mol. The highest BCUT2D eigenvalue weighted by Gasteiger charge is 2.33. The monoisotopic (exact) mass is 800 g/mol. The van der Waals surface area contributed by atoms with Gasteiger partial charge in [0.15, 0.2) is 0 Å². The average Bonchev–Trinajstić information content (AvgIpc) is 3.53. The van der Waals surface area contributed by atoms with Gasteiger partial charge in [-0.05, 0) is 87.7 Å². The topological polar surface area (TPSA) is 173 Å². The number of fused-ring (bicyclic) bond motifs is 1. The first-order valence-corrected chi connectivity index (χ1v) is 19.4. The summed E-state index contributed by atoms with van der Waals surface area (Å²) in [6.07, 6.45) is 1.82. The van der Waals surface area contributed by atoms with E-state index in [0.717, 1.165) is 10.4 Å². The number of thiophene rings is 1. The molecular weight excluding hydrogens is 757 g/mol. The lowest BCUT2D eigenvalue weighted by Crippen LogP contribution is -2.39. The molecule has 1 aliphatic rings. The second-order valence-electron chi connectivity index (χ2n) is 13.6. The number of carbonyl (C=O) groups excluding carboxylic acids is 5. The molecule has 3 aromatic carbocycles. The number of phenols is 1. The van der Waals surface area contributed by atoms with Gasteiger partial charge >= 0.3 is 12.1 Å². The Kier molecular flexibility index (Phi) is 13.5. The number of esters is 1. The van der Waals surface area contributed by atoms with Gasteiger partial charge in [0.1, 0.15) is 27.8 Å². The number of nitrogens with one attached hydrogen (secondary N) is 3. The maximum absolute atomic E-state index is 13.8. The Bertz CT molecular complexity index is 2140. The van der Waals surface area contributed by atoms with Crippen LogP contribution in [-0.2, 0) is 32.0 Å². The number of hydrogen-bond donors (Lipinski definition) is 4. The van der Waals surface area contributed by atoms with Crippen molar-refractivity contribution in [1.29, 1.82) is 0 Å². The van der Waals surface area contributed by atoms with Crippen molar-refractivity contribution in [3.05, 3.63) is 106 Å². The number of thioether (sulfide) groups is 1. The molecule has 0 saturated carbocycles. The zero-order valence-corrected chi connectivity index (χ0v) is 33.5. The van der Waals surface area contributed by atoms with Crippen molar-refractivity contribution in [2.24, 2.45) is 0 Å². The maximum atomic E-state index is 13.8. The molecule has 0 fully saturated rings. The summed E-state index contributed by atoms with van der Waals surface area (Å²) in [5.74, 6) is -1.79. The van der Waals surface area contributed by atoms with E-state index in [4.69, 9.17) is 14.2 Å². The Balaban J connectivity index is 1.33. The zero-order chi connectivity index (χ0) is 40.6. The fourth-order valence-electron chi connectivity index (χ4n) is 5.73. The van der Waals surface area contributed by atoms with Gasteiger partial charge in [-0.1, -0.05) is 31.2 Å². The Labute approximate surface area is 333 Å². The second-order valence-corrected chi connectivity index (χ2v) is 16.0. The number of nitrogens with zero attached hydrogens (tertiary/aromatic N) is 1. The quantitative estimate of drug-likeness (QED) is 0.0640. The molecule has 0 bridgehead atoms. The summed E-state index contributed by atoms with van der Waals surface area (Å²) in [6, 6.07) is 19.8. The molecule has 294 valence electrons. The van der Waals surface area contributed by atoms with E-state index in [1.807, 2.05) is 6.92 Å². The van der Waals surface area contributed by atoms with Crippen LogP contribution in [0.3, 0.4) is 0 Å². The lowest BCUT2D eigenvalue weighted by Gasteiger charge is -2.30. The molecule has 56 heavy (non-hydrogen) atoms. The van der Waals surface area contributed by atoms with Crippen molar-refractivity contribution in [1.82, 2.24) is 10.2 Å². The molecule has 4 aromatic rings. The predicted octanol–water partition coefficient (Wildman–Crippen LogP) is 7.46. The Morgan fingerprint density at radius 1 is 0.982 bits per heavy atom. The molecule has 1 unspecified atom stereocenters. The van der Waals surface area contributed by atoms with Gasteiger partial charge in [0, 0.05) is 39.2 Å². The third kappa shape index (κ3) is 10.5. The van der Waals surface area contributed by atoms with E-state index < -0.39 is 34.7 Å². The normalized spacial score (nSPS) is 13.2. The number of rotatable bonds is 12. The molecule has 0 aliphatic carbocycles. The Morgan fingerprint density at radius 3 is 2.41 bits per heavy atom. The maximum Gasteiger partial charge on any atom is 0.410 e. The van der Waals surface area contributed by atoms with Gasteiger partial charge in [-0.15, -0.1) is 23.1 Å². The molecule has 2 heterocycles. The van der Waals surface area contributed by atoms with Gasteiger partial charge in [-0.3, -0.25) is 14.4 Å². The van der Waals surface area contributed by atoms with Crippen LogP contribution in [0.1, 0.15) is 70.8 Å². The van der Waals surface area contributed by atoms with Gasteiger partial charge in [0.25, 0.3) is 11.8 Å². The van der Waals surface area contributed by atoms with Crippen molar-refractivity contribution in [3.63, 3.8) is 0 Å². The van der Waals surface area contributed by atoms with E-state index in [9.17, 15) is 29.1 Å².